The number of thiazole rings is 1. The van der Waals surface area contributed by atoms with Gasteiger partial charge >= 0.3 is 0 Å². The van der Waals surface area contributed by atoms with E-state index in [1.54, 1.807) is 0 Å². The van der Waals surface area contributed by atoms with Crippen LogP contribution < -0.4 is 5.32 Å². The minimum absolute atomic E-state index is 0.0863. The van der Waals surface area contributed by atoms with Gasteiger partial charge in [0.2, 0.25) is 0 Å². The lowest BCUT2D eigenvalue weighted by atomic mass is 9.74. The topological polar surface area (TPSA) is 34.1 Å². The largest absolute Gasteiger partial charge is 0.378 e. The van der Waals surface area contributed by atoms with Crippen molar-refractivity contribution in [2.24, 2.45) is 0 Å². The third-order valence-corrected chi connectivity index (χ3v) is 5.49. The fraction of sp³-hybridized carbons (Fsp3) is 0.800. The van der Waals surface area contributed by atoms with Crippen molar-refractivity contribution in [1.82, 2.24) is 10.3 Å². The van der Waals surface area contributed by atoms with Crippen LogP contribution in [0, 0.1) is 0 Å². The van der Waals surface area contributed by atoms with E-state index in [2.05, 4.69) is 26.1 Å². The van der Waals surface area contributed by atoms with Gasteiger partial charge in [0.1, 0.15) is 5.01 Å². The van der Waals surface area contributed by atoms with Crippen LogP contribution in [0.4, 0.5) is 0 Å². The van der Waals surface area contributed by atoms with Gasteiger partial charge in [-0.25, -0.2) is 4.98 Å². The standard InChI is InChI=1S/C15H24N2OS/c1-4-18-11-8-15(9-11,17-10(2)3)14-16-12-6-5-7-13(12)19-14/h10-11,17H,4-9H2,1-3H3. The molecule has 0 atom stereocenters. The maximum atomic E-state index is 5.75. The summed E-state index contributed by atoms with van der Waals surface area (Å²) >= 11 is 1.94. The molecule has 3 nitrogen and oxygen atoms in total. The van der Waals surface area contributed by atoms with Gasteiger partial charge in [-0.3, -0.25) is 0 Å². The zero-order valence-corrected chi connectivity index (χ0v) is 13.0. The average molecular weight is 280 g/mol. The fourth-order valence-electron chi connectivity index (χ4n) is 3.37. The first-order valence-corrected chi connectivity index (χ1v) is 8.33. The Morgan fingerprint density at radius 3 is 2.84 bits per heavy atom. The third-order valence-electron chi connectivity index (χ3n) is 4.12. The van der Waals surface area contributed by atoms with Crippen LogP contribution in [-0.2, 0) is 23.1 Å². The van der Waals surface area contributed by atoms with Gasteiger partial charge in [-0.05, 0) is 52.9 Å². The summed E-state index contributed by atoms with van der Waals surface area (Å²) in [6.07, 6.45) is 6.27. The first-order valence-electron chi connectivity index (χ1n) is 7.51. The van der Waals surface area contributed by atoms with E-state index >= 15 is 0 Å². The summed E-state index contributed by atoms with van der Waals surface area (Å²) in [5.41, 5.74) is 1.45. The minimum atomic E-state index is 0.0863. The molecule has 4 heteroatoms. The van der Waals surface area contributed by atoms with Gasteiger partial charge in [-0.2, -0.15) is 0 Å². The van der Waals surface area contributed by atoms with E-state index in [0.29, 0.717) is 12.1 Å². The Morgan fingerprint density at radius 2 is 2.21 bits per heavy atom. The molecule has 0 saturated heterocycles. The smallest absolute Gasteiger partial charge is 0.113 e. The maximum absolute atomic E-state index is 5.75. The first kappa shape index (κ1) is 13.5. The summed E-state index contributed by atoms with van der Waals surface area (Å²) in [5, 5.41) is 5.06. The summed E-state index contributed by atoms with van der Waals surface area (Å²) in [7, 11) is 0. The molecule has 2 aliphatic rings. The Bertz CT molecular complexity index is 427. The molecule has 1 aromatic rings. The lowest BCUT2D eigenvalue weighted by Crippen LogP contribution is -2.57. The Labute approximate surface area is 119 Å². The van der Waals surface area contributed by atoms with E-state index in [1.807, 2.05) is 11.3 Å². The maximum Gasteiger partial charge on any atom is 0.113 e. The number of hydrogen-bond donors (Lipinski definition) is 1. The zero-order valence-electron chi connectivity index (χ0n) is 12.2. The SMILES string of the molecule is CCOC1CC(NC(C)C)(c2nc3c(s2)CCC3)C1. The van der Waals surface area contributed by atoms with Crippen LogP contribution in [0.25, 0.3) is 0 Å². The molecule has 0 amide bonds. The number of aromatic nitrogens is 1. The number of nitrogens with zero attached hydrogens (tertiary/aromatic N) is 1. The molecule has 0 aromatic carbocycles. The van der Waals surface area contributed by atoms with Gasteiger partial charge in [-0.1, -0.05) is 0 Å². The Morgan fingerprint density at radius 1 is 1.42 bits per heavy atom. The van der Waals surface area contributed by atoms with Gasteiger partial charge in [0.25, 0.3) is 0 Å². The first-order chi connectivity index (χ1) is 9.13. The van der Waals surface area contributed by atoms with Crippen molar-refractivity contribution in [3.63, 3.8) is 0 Å². The van der Waals surface area contributed by atoms with E-state index in [1.165, 1.54) is 34.8 Å². The van der Waals surface area contributed by atoms with Gasteiger partial charge < -0.3 is 10.1 Å². The quantitative estimate of drug-likeness (QED) is 0.900. The molecule has 3 rings (SSSR count). The van der Waals surface area contributed by atoms with Crippen LogP contribution in [0.15, 0.2) is 0 Å². The van der Waals surface area contributed by atoms with Crippen molar-refractivity contribution in [3.05, 3.63) is 15.6 Å². The van der Waals surface area contributed by atoms with Crippen LogP contribution in [0.1, 0.15) is 55.6 Å². The number of nitrogens with one attached hydrogen (secondary N) is 1. The van der Waals surface area contributed by atoms with Crippen molar-refractivity contribution in [2.75, 3.05) is 6.61 Å². The molecule has 0 radical (unpaired) electrons. The van der Waals surface area contributed by atoms with Crippen molar-refractivity contribution in [1.29, 1.82) is 0 Å². The summed E-state index contributed by atoms with van der Waals surface area (Å²) in [4.78, 5) is 6.46. The third kappa shape index (κ3) is 2.46. The monoisotopic (exact) mass is 280 g/mol. The van der Waals surface area contributed by atoms with Crippen LogP contribution in [0.2, 0.25) is 0 Å². The predicted molar refractivity (Wildman–Crippen MR) is 78.7 cm³/mol. The highest BCUT2D eigenvalue weighted by atomic mass is 32.1. The Balaban J connectivity index is 1.79. The van der Waals surface area contributed by atoms with Gasteiger partial charge in [0, 0.05) is 17.5 Å². The zero-order chi connectivity index (χ0) is 13.5. The summed E-state index contributed by atoms with van der Waals surface area (Å²) < 4.78 is 5.75. The van der Waals surface area contributed by atoms with Crippen molar-refractivity contribution >= 4 is 11.3 Å². The molecule has 1 N–H and O–H groups in total. The summed E-state index contributed by atoms with van der Waals surface area (Å²) in [6.45, 7) is 7.33. The molecule has 0 bridgehead atoms. The van der Waals surface area contributed by atoms with E-state index in [-0.39, 0.29) is 5.54 Å². The molecule has 19 heavy (non-hydrogen) atoms. The highest BCUT2D eigenvalue weighted by Crippen LogP contribution is 2.46. The van der Waals surface area contributed by atoms with Crippen molar-refractivity contribution < 1.29 is 4.74 Å². The molecule has 1 fully saturated rings. The summed E-state index contributed by atoms with van der Waals surface area (Å²) in [6, 6.07) is 0.487. The second kappa shape index (κ2) is 5.15. The number of rotatable bonds is 5. The molecular weight excluding hydrogens is 256 g/mol. The number of ether oxygens (including phenoxy) is 1. The van der Waals surface area contributed by atoms with Crippen LogP contribution >= 0.6 is 11.3 Å². The number of aryl methyl sites for hydroxylation is 2. The van der Waals surface area contributed by atoms with E-state index in [9.17, 15) is 0 Å². The lowest BCUT2D eigenvalue weighted by molar-refractivity contribution is -0.0564. The second-order valence-corrected chi connectivity index (χ2v) is 7.19. The van der Waals surface area contributed by atoms with Crippen molar-refractivity contribution in [2.45, 2.75) is 70.6 Å². The van der Waals surface area contributed by atoms with Gasteiger partial charge in [-0.15, -0.1) is 11.3 Å². The Kier molecular flexibility index (Phi) is 3.67. The fourth-order valence-corrected chi connectivity index (χ4v) is 4.70. The van der Waals surface area contributed by atoms with E-state index in [4.69, 9.17) is 9.72 Å². The molecular formula is C15H24N2OS. The number of fused-ring (bicyclic) bond motifs is 1. The average Bonchev–Trinajstić information content (AvgIpc) is 2.85. The van der Waals surface area contributed by atoms with Crippen LogP contribution in [0.3, 0.4) is 0 Å². The van der Waals surface area contributed by atoms with E-state index in [0.717, 1.165) is 19.4 Å². The lowest BCUT2D eigenvalue weighted by Gasteiger charge is -2.47. The minimum Gasteiger partial charge on any atom is -0.378 e. The van der Waals surface area contributed by atoms with Crippen LogP contribution in [0.5, 0.6) is 0 Å². The van der Waals surface area contributed by atoms with Gasteiger partial charge in [0.05, 0.1) is 17.3 Å². The molecule has 106 valence electrons. The molecule has 1 aromatic heterocycles. The predicted octanol–water partition coefficient (Wildman–Crippen LogP) is 3.02. The normalized spacial score (nSPS) is 29.6. The highest BCUT2D eigenvalue weighted by Gasteiger charge is 2.49. The molecule has 1 heterocycles. The van der Waals surface area contributed by atoms with Crippen molar-refractivity contribution in [3.8, 4) is 0 Å². The Hall–Kier alpha value is -0.450. The van der Waals surface area contributed by atoms with Gasteiger partial charge in [0.15, 0.2) is 0 Å². The molecule has 0 aliphatic heterocycles. The summed E-state index contributed by atoms with van der Waals surface area (Å²) in [5.74, 6) is 0. The van der Waals surface area contributed by atoms with E-state index < -0.39 is 0 Å². The number of hydrogen-bond acceptors (Lipinski definition) is 4. The molecule has 0 spiro atoms. The second-order valence-electron chi connectivity index (χ2n) is 6.11. The molecule has 1 saturated carbocycles. The highest BCUT2D eigenvalue weighted by molar-refractivity contribution is 7.12. The molecule has 0 unspecified atom stereocenters. The van der Waals surface area contributed by atoms with Crippen LogP contribution in [-0.4, -0.2) is 23.7 Å². The molecule has 2 aliphatic carbocycles.